The van der Waals surface area contributed by atoms with Gasteiger partial charge in [-0.05, 0) is 43.0 Å². The summed E-state index contributed by atoms with van der Waals surface area (Å²) in [7, 11) is -2.13. The first-order valence-electron chi connectivity index (χ1n) is 8.53. The molecule has 1 N–H and O–H groups in total. The molecule has 1 aromatic carbocycles. The predicted octanol–water partition coefficient (Wildman–Crippen LogP) is 2.85. The van der Waals surface area contributed by atoms with Crippen LogP contribution >= 0.6 is 11.3 Å². The van der Waals surface area contributed by atoms with Gasteiger partial charge in [-0.1, -0.05) is 6.07 Å². The molecule has 0 spiro atoms. The second kappa shape index (κ2) is 6.59. The van der Waals surface area contributed by atoms with Gasteiger partial charge in [-0.2, -0.15) is 0 Å². The number of sulfonamides is 1. The largest absolute Gasteiger partial charge is 0.497 e. The molecular weight excluding hydrogens is 372 g/mol. The van der Waals surface area contributed by atoms with Gasteiger partial charge in [-0.15, -0.1) is 11.3 Å². The number of fused-ring (bicyclic) bond motifs is 1. The maximum Gasteiger partial charge on any atom is 0.271 e. The second-order valence-electron chi connectivity index (χ2n) is 6.64. The van der Waals surface area contributed by atoms with Gasteiger partial charge in [-0.25, -0.2) is 8.42 Å². The number of hydrogen-bond acceptors (Lipinski definition) is 5. The Balaban J connectivity index is 1.53. The molecule has 1 aromatic heterocycles. The van der Waals surface area contributed by atoms with Crippen LogP contribution in [0.4, 0.5) is 5.69 Å². The van der Waals surface area contributed by atoms with Crippen LogP contribution in [0, 0.1) is 5.92 Å². The molecule has 0 atom stereocenters. The van der Waals surface area contributed by atoms with Crippen LogP contribution in [-0.2, 0) is 27.8 Å². The van der Waals surface area contributed by atoms with Crippen molar-refractivity contribution < 1.29 is 17.9 Å². The molecule has 1 amide bonds. The first-order chi connectivity index (χ1) is 12.5. The molecule has 0 saturated heterocycles. The third kappa shape index (κ3) is 3.43. The van der Waals surface area contributed by atoms with Crippen LogP contribution < -0.4 is 9.46 Å². The Bertz CT molecular complexity index is 948. The lowest BCUT2D eigenvalue weighted by molar-refractivity contribution is -0.133. The van der Waals surface area contributed by atoms with E-state index in [1.54, 1.807) is 30.3 Å². The number of anilines is 1. The summed E-state index contributed by atoms with van der Waals surface area (Å²) in [6.45, 7) is 1.18. The highest BCUT2D eigenvalue weighted by Crippen LogP contribution is 2.36. The third-order valence-electron chi connectivity index (χ3n) is 4.67. The molecule has 1 saturated carbocycles. The number of carbonyl (C=O) groups is 1. The number of carbonyl (C=O) groups excluding carboxylic acids is 1. The van der Waals surface area contributed by atoms with Crippen molar-refractivity contribution in [3.8, 4) is 5.75 Å². The van der Waals surface area contributed by atoms with E-state index in [0.29, 0.717) is 30.9 Å². The fourth-order valence-electron chi connectivity index (χ4n) is 3.11. The lowest BCUT2D eigenvalue weighted by Gasteiger charge is -2.26. The van der Waals surface area contributed by atoms with Gasteiger partial charge in [0, 0.05) is 30.0 Å². The summed E-state index contributed by atoms with van der Waals surface area (Å²) in [5.74, 6) is 0.985. The average Bonchev–Trinajstić information content (AvgIpc) is 3.38. The van der Waals surface area contributed by atoms with E-state index >= 15 is 0 Å². The van der Waals surface area contributed by atoms with Gasteiger partial charge >= 0.3 is 0 Å². The maximum atomic E-state index is 12.7. The summed E-state index contributed by atoms with van der Waals surface area (Å²) in [4.78, 5) is 15.2. The van der Waals surface area contributed by atoms with Crippen molar-refractivity contribution >= 4 is 33.0 Å². The Morgan fingerprint density at radius 1 is 1.31 bits per heavy atom. The van der Waals surface area contributed by atoms with E-state index in [1.807, 2.05) is 4.90 Å². The van der Waals surface area contributed by atoms with E-state index in [0.717, 1.165) is 23.3 Å². The number of nitrogens with zero attached hydrogens (tertiary/aromatic N) is 1. The second-order valence-corrected chi connectivity index (χ2v) is 9.68. The van der Waals surface area contributed by atoms with E-state index in [4.69, 9.17) is 4.74 Å². The van der Waals surface area contributed by atoms with Gasteiger partial charge < -0.3 is 9.64 Å². The molecule has 0 radical (unpaired) electrons. The molecule has 1 aliphatic carbocycles. The Morgan fingerprint density at radius 3 is 2.85 bits per heavy atom. The van der Waals surface area contributed by atoms with E-state index in [-0.39, 0.29) is 16.0 Å². The molecule has 1 fully saturated rings. The van der Waals surface area contributed by atoms with Gasteiger partial charge in [0.2, 0.25) is 5.91 Å². The zero-order valence-electron chi connectivity index (χ0n) is 14.4. The lowest BCUT2D eigenvalue weighted by Crippen LogP contribution is -2.36. The van der Waals surface area contributed by atoms with Crippen molar-refractivity contribution in [3.63, 3.8) is 0 Å². The summed E-state index contributed by atoms with van der Waals surface area (Å²) < 4.78 is 33.5. The Labute approximate surface area is 156 Å². The van der Waals surface area contributed by atoms with Crippen molar-refractivity contribution in [1.29, 1.82) is 0 Å². The van der Waals surface area contributed by atoms with Crippen LogP contribution in [0.1, 0.15) is 23.3 Å². The maximum absolute atomic E-state index is 12.7. The number of nitrogens with one attached hydrogen (secondary N) is 1. The molecule has 1 aliphatic heterocycles. The number of amides is 1. The van der Waals surface area contributed by atoms with E-state index < -0.39 is 10.0 Å². The minimum Gasteiger partial charge on any atom is -0.497 e. The monoisotopic (exact) mass is 392 g/mol. The van der Waals surface area contributed by atoms with Crippen molar-refractivity contribution in [2.24, 2.45) is 5.92 Å². The van der Waals surface area contributed by atoms with E-state index in [1.165, 1.54) is 18.4 Å². The zero-order valence-corrected chi connectivity index (χ0v) is 16.0. The molecular formula is C18H20N2O4S2. The standard InChI is InChI=1S/C18H20N2O4S2/c1-24-15-4-2-3-14(10-15)19-26(22,23)17-9-13-11-20(8-7-16(13)25-17)18(21)12-5-6-12/h2-4,9-10,12,19H,5-8,11H2,1H3. The van der Waals surface area contributed by atoms with Crippen LogP contribution in [0.25, 0.3) is 0 Å². The Morgan fingerprint density at radius 2 is 2.12 bits per heavy atom. The molecule has 8 heteroatoms. The number of rotatable bonds is 5. The van der Waals surface area contributed by atoms with E-state index in [2.05, 4.69) is 4.72 Å². The van der Waals surface area contributed by atoms with Crippen molar-refractivity contribution in [3.05, 3.63) is 40.8 Å². The van der Waals surface area contributed by atoms with Gasteiger partial charge in [0.15, 0.2) is 0 Å². The first-order valence-corrected chi connectivity index (χ1v) is 10.8. The van der Waals surface area contributed by atoms with Crippen molar-refractivity contribution in [2.45, 2.75) is 30.0 Å². The quantitative estimate of drug-likeness (QED) is 0.849. The highest BCUT2D eigenvalue weighted by atomic mass is 32.2. The predicted molar refractivity (Wildman–Crippen MR) is 100.0 cm³/mol. The fourth-order valence-corrected chi connectivity index (χ4v) is 5.70. The molecule has 0 unspecified atom stereocenters. The van der Waals surface area contributed by atoms with Crippen molar-refractivity contribution in [2.75, 3.05) is 18.4 Å². The van der Waals surface area contributed by atoms with Gasteiger partial charge in [0.1, 0.15) is 9.96 Å². The van der Waals surface area contributed by atoms with Gasteiger partial charge in [0.05, 0.1) is 12.8 Å². The smallest absolute Gasteiger partial charge is 0.271 e. The highest BCUT2D eigenvalue weighted by molar-refractivity contribution is 7.94. The number of hydrogen-bond donors (Lipinski definition) is 1. The summed E-state index contributed by atoms with van der Waals surface area (Å²) in [5, 5.41) is 0. The van der Waals surface area contributed by atoms with E-state index in [9.17, 15) is 13.2 Å². The van der Waals surface area contributed by atoms with Crippen LogP contribution in [-0.4, -0.2) is 32.9 Å². The Kier molecular flexibility index (Phi) is 4.40. The molecule has 138 valence electrons. The molecule has 2 aliphatic rings. The van der Waals surface area contributed by atoms with Gasteiger partial charge in [0.25, 0.3) is 10.0 Å². The lowest BCUT2D eigenvalue weighted by atomic mass is 10.1. The van der Waals surface area contributed by atoms with Crippen molar-refractivity contribution in [1.82, 2.24) is 4.90 Å². The minimum absolute atomic E-state index is 0.188. The number of ether oxygens (including phenoxy) is 1. The summed E-state index contributed by atoms with van der Waals surface area (Å²) in [5.41, 5.74) is 1.41. The minimum atomic E-state index is -3.66. The zero-order chi connectivity index (χ0) is 18.3. The molecule has 0 bridgehead atoms. The SMILES string of the molecule is COc1cccc(NS(=O)(=O)c2cc3c(s2)CCN(C(=O)C2CC2)C3)c1. The van der Waals surface area contributed by atoms with Gasteiger partial charge in [-0.3, -0.25) is 9.52 Å². The third-order valence-corrected chi connectivity index (χ3v) is 7.76. The molecule has 2 heterocycles. The fraction of sp³-hybridized carbons (Fsp3) is 0.389. The van der Waals surface area contributed by atoms with Crippen LogP contribution in [0.2, 0.25) is 0 Å². The molecule has 6 nitrogen and oxygen atoms in total. The summed E-state index contributed by atoms with van der Waals surface area (Å²) >= 11 is 1.29. The highest BCUT2D eigenvalue weighted by Gasteiger charge is 2.35. The topological polar surface area (TPSA) is 75.7 Å². The average molecular weight is 393 g/mol. The molecule has 4 rings (SSSR count). The summed E-state index contributed by atoms with van der Waals surface area (Å²) in [6, 6.07) is 8.52. The summed E-state index contributed by atoms with van der Waals surface area (Å²) in [6.07, 6.45) is 2.68. The normalized spacial score (nSPS) is 16.9. The molecule has 26 heavy (non-hydrogen) atoms. The van der Waals surface area contributed by atoms with Crippen LogP contribution in [0.15, 0.2) is 34.5 Å². The Hall–Kier alpha value is -2.06. The number of thiophene rings is 1. The number of benzene rings is 1. The first kappa shape index (κ1) is 17.4. The molecule has 2 aromatic rings. The number of methoxy groups -OCH3 is 1. The van der Waals surface area contributed by atoms with Crippen LogP contribution in [0.3, 0.4) is 0 Å². The van der Waals surface area contributed by atoms with Crippen LogP contribution in [0.5, 0.6) is 5.75 Å².